The van der Waals surface area contributed by atoms with Crippen molar-refractivity contribution in [1.29, 1.82) is 0 Å². The third kappa shape index (κ3) is 3.95. The summed E-state index contributed by atoms with van der Waals surface area (Å²) in [7, 11) is 1.62. The topological polar surface area (TPSA) is 87.7 Å². The van der Waals surface area contributed by atoms with E-state index in [2.05, 4.69) is 17.6 Å². The zero-order chi connectivity index (χ0) is 20.6. The summed E-state index contributed by atoms with van der Waals surface area (Å²) < 4.78 is 5.20. The standard InChI is InChI=1S/C22H29N3O4/c1-14-9-11-22(12-10-14)20(27)25(21(28)24-22)13-18(26)23-19(15-3-4-15)16-5-7-17(29-2)8-6-16/h5-8,14-15,19H,3-4,9-13H2,1-2H3,(H,23,26)(H,24,28)/t14?,19-,22?/m0/s1. The number of urea groups is 1. The highest BCUT2D eigenvalue weighted by atomic mass is 16.5. The molecule has 1 atom stereocenters. The molecule has 0 radical (unpaired) electrons. The molecule has 1 heterocycles. The summed E-state index contributed by atoms with van der Waals surface area (Å²) in [4.78, 5) is 39.2. The van der Waals surface area contributed by atoms with E-state index in [0.29, 0.717) is 24.7 Å². The Hall–Kier alpha value is -2.57. The Balaban J connectivity index is 1.41. The molecule has 2 N–H and O–H groups in total. The fourth-order valence-corrected chi connectivity index (χ4v) is 4.49. The molecule has 4 amide bonds. The molecule has 0 aromatic heterocycles. The van der Waals surface area contributed by atoms with Crippen LogP contribution in [0.15, 0.2) is 24.3 Å². The third-order valence-corrected chi connectivity index (χ3v) is 6.56. The van der Waals surface area contributed by atoms with Crippen molar-refractivity contribution < 1.29 is 19.1 Å². The molecule has 1 spiro atoms. The number of hydrogen-bond acceptors (Lipinski definition) is 4. The lowest BCUT2D eigenvalue weighted by molar-refractivity contribution is -0.136. The van der Waals surface area contributed by atoms with Crippen LogP contribution in [-0.4, -0.2) is 41.9 Å². The lowest BCUT2D eigenvalue weighted by Gasteiger charge is -2.33. The maximum Gasteiger partial charge on any atom is 0.325 e. The number of amides is 4. The molecule has 156 valence electrons. The number of carbonyl (C=O) groups excluding carboxylic acids is 3. The third-order valence-electron chi connectivity index (χ3n) is 6.56. The van der Waals surface area contributed by atoms with E-state index >= 15 is 0 Å². The van der Waals surface area contributed by atoms with Crippen LogP contribution >= 0.6 is 0 Å². The van der Waals surface area contributed by atoms with Gasteiger partial charge in [-0.1, -0.05) is 19.1 Å². The summed E-state index contributed by atoms with van der Waals surface area (Å²) >= 11 is 0. The Morgan fingerprint density at radius 3 is 2.45 bits per heavy atom. The van der Waals surface area contributed by atoms with E-state index in [9.17, 15) is 14.4 Å². The molecule has 3 aliphatic rings. The van der Waals surface area contributed by atoms with Gasteiger partial charge in [-0.25, -0.2) is 4.79 Å². The van der Waals surface area contributed by atoms with Crippen LogP contribution in [0, 0.1) is 11.8 Å². The van der Waals surface area contributed by atoms with Gasteiger partial charge in [0.15, 0.2) is 0 Å². The Morgan fingerprint density at radius 1 is 1.21 bits per heavy atom. The highest BCUT2D eigenvalue weighted by Gasteiger charge is 2.52. The molecule has 2 saturated carbocycles. The molecule has 7 nitrogen and oxygen atoms in total. The first kappa shape index (κ1) is 19.7. The van der Waals surface area contributed by atoms with Crippen LogP contribution in [-0.2, 0) is 9.59 Å². The fourth-order valence-electron chi connectivity index (χ4n) is 4.49. The van der Waals surface area contributed by atoms with Gasteiger partial charge in [0.1, 0.15) is 17.8 Å². The number of imide groups is 1. The number of ether oxygens (including phenoxy) is 1. The van der Waals surface area contributed by atoms with Gasteiger partial charge in [-0.15, -0.1) is 0 Å². The highest BCUT2D eigenvalue weighted by Crippen LogP contribution is 2.41. The number of nitrogens with zero attached hydrogens (tertiary/aromatic N) is 1. The van der Waals surface area contributed by atoms with E-state index in [4.69, 9.17) is 4.74 Å². The number of rotatable bonds is 6. The lowest BCUT2D eigenvalue weighted by atomic mass is 9.77. The molecule has 1 aromatic carbocycles. The van der Waals surface area contributed by atoms with Gasteiger partial charge in [0, 0.05) is 0 Å². The molecule has 4 rings (SSSR count). The number of hydrogen-bond donors (Lipinski definition) is 2. The highest BCUT2D eigenvalue weighted by molar-refractivity contribution is 6.09. The molecule has 7 heteroatoms. The molecular formula is C22H29N3O4. The van der Waals surface area contributed by atoms with Crippen molar-refractivity contribution in [3.8, 4) is 5.75 Å². The maximum atomic E-state index is 13.0. The van der Waals surface area contributed by atoms with Crippen LogP contribution in [0.1, 0.15) is 57.1 Å². The average Bonchev–Trinajstić information content (AvgIpc) is 3.53. The van der Waals surface area contributed by atoms with Gasteiger partial charge in [-0.3, -0.25) is 14.5 Å². The van der Waals surface area contributed by atoms with Gasteiger partial charge >= 0.3 is 6.03 Å². The van der Waals surface area contributed by atoms with Crippen LogP contribution in [0.2, 0.25) is 0 Å². The van der Waals surface area contributed by atoms with Crippen LogP contribution in [0.25, 0.3) is 0 Å². The monoisotopic (exact) mass is 399 g/mol. The van der Waals surface area contributed by atoms with Crippen molar-refractivity contribution in [3.63, 3.8) is 0 Å². The number of benzene rings is 1. The van der Waals surface area contributed by atoms with Crippen molar-refractivity contribution in [2.75, 3.05) is 13.7 Å². The summed E-state index contributed by atoms with van der Waals surface area (Å²) in [5.74, 6) is 1.16. The lowest BCUT2D eigenvalue weighted by Crippen LogP contribution is -2.50. The summed E-state index contributed by atoms with van der Waals surface area (Å²) in [5.41, 5.74) is 0.201. The van der Waals surface area contributed by atoms with Crippen molar-refractivity contribution in [2.45, 2.75) is 57.0 Å². The Morgan fingerprint density at radius 2 is 1.86 bits per heavy atom. The molecule has 0 unspecified atom stereocenters. The number of carbonyl (C=O) groups is 3. The van der Waals surface area contributed by atoms with E-state index in [1.54, 1.807) is 7.11 Å². The first-order valence-electron chi connectivity index (χ1n) is 10.5. The molecular weight excluding hydrogens is 370 g/mol. The van der Waals surface area contributed by atoms with Gasteiger partial charge in [0.05, 0.1) is 13.2 Å². The second kappa shape index (κ2) is 7.69. The van der Waals surface area contributed by atoms with E-state index in [1.165, 1.54) is 0 Å². The van der Waals surface area contributed by atoms with Gasteiger partial charge in [0.25, 0.3) is 5.91 Å². The first-order valence-corrected chi connectivity index (χ1v) is 10.5. The van der Waals surface area contributed by atoms with Gasteiger partial charge < -0.3 is 15.4 Å². The molecule has 0 bridgehead atoms. The molecule has 1 saturated heterocycles. The quantitative estimate of drug-likeness (QED) is 0.720. The van der Waals surface area contributed by atoms with Crippen molar-refractivity contribution in [1.82, 2.24) is 15.5 Å². The van der Waals surface area contributed by atoms with E-state index in [-0.39, 0.29) is 24.4 Å². The summed E-state index contributed by atoms with van der Waals surface area (Å²) in [6.07, 6.45) is 5.23. The molecule has 2 aliphatic carbocycles. The normalized spacial score (nSPS) is 27.7. The maximum absolute atomic E-state index is 13.0. The summed E-state index contributed by atoms with van der Waals surface area (Å²) in [6.45, 7) is 1.93. The first-order chi connectivity index (χ1) is 13.9. The molecule has 3 fully saturated rings. The van der Waals surface area contributed by atoms with E-state index < -0.39 is 11.6 Å². The molecule has 29 heavy (non-hydrogen) atoms. The van der Waals surface area contributed by atoms with Gasteiger partial charge in [-0.05, 0) is 68.1 Å². The summed E-state index contributed by atoms with van der Waals surface area (Å²) in [5, 5.41) is 5.92. The Bertz CT molecular complexity index is 795. The van der Waals surface area contributed by atoms with Crippen molar-refractivity contribution in [2.24, 2.45) is 11.8 Å². The van der Waals surface area contributed by atoms with Crippen molar-refractivity contribution >= 4 is 17.8 Å². The van der Waals surface area contributed by atoms with Crippen molar-refractivity contribution in [3.05, 3.63) is 29.8 Å². The Labute approximate surface area is 171 Å². The minimum absolute atomic E-state index is 0.112. The number of nitrogens with one attached hydrogen (secondary N) is 2. The van der Waals surface area contributed by atoms with Crippen LogP contribution in [0.4, 0.5) is 4.79 Å². The number of methoxy groups -OCH3 is 1. The van der Waals surface area contributed by atoms with Crippen LogP contribution in [0.5, 0.6) is 5.75 Å². The van der Waals surface area contributed by atoms with Crippen LogP contribution in [0.3, 0.4) is 0 Å². The predicted octanol–water partition coefficient (Wildman–Crippen LogP) is 2.76. The van der Waals surface area contributed by atoms with E-state index in [0.717, 1.165) is 41.9 Å². The predicted molar refractivity (Wildman–Crippen MR) is 107 cm³/mol. The SMILES string of the molecule is COc1ccc([C@@H](NC(=O)CN2C(=O)NC3(CCC(C)CC3)C2=O)C2CC2)cc1. The van der Waals surface area contributed by atoms with E-state index in [1.807, 2.05) is 24.3 Å². The largest absolute Gasteiger partial charge is 0.497 e. The second-order valence-corrected chi connectivity index (χ2v) is 8.74. The minimum atomic E-state index is -0.810. The zero-order valence-electron chi connectivity index (χ0n) is 17.1. The summed E-state index contributed by atoms with van der Waals surface area (Å²) in [6, 6.07) is 7.09. The average molecular weight is 399 g/mol. The zero-order valence-corrected chi connectivity index (χ0v) is 17.1. The minimum Gasteiger partial charge on any atom is -0.497 e. The van der Waals surface area contributed by atoms with Gasteiger partial charge in [-0.2, -0.15) is 0 Å². The molecule has 1 aliphatic heterocycles. The Kier molecular flexibility index (Phi) is 5.23. The fraction of sp³-hybridized carbons (Fsp3) is 0.591. The van der Waals surface area contributed by atoms with Gasteiger partial charge in [0.2, 0.25) is 5.91 Å². The smallest absolute Gasteiger partial charge is 0.325 e. The van der Waals surface area contributed by atoms with Crippen LogP contribution < -0.4 is 15.4 Å². The molecule has 1 aromatic rings. The second-order valence-electron chi connectivity index (χ2n) is 8.74.